The first-order valence-corrected chi connectivity index (χ1v) is 8.90. The van der Waals surface area contributed by atoms with E-state index in [0.29, 0.717) is 5.56 Å². The highest BCUT2D eigenvalue weighted by Crippen LogP contribution is 2.35. The monoisotopic (exact) mass is 430 g/mol. The smallest absolute Gasteiger partial charge is 0.416 e. The molecule has 8 heteroatoms. The van der Waals surface area contributed by atoms with Crippen molar-refractivity contribution in [3.8, 4) is 17.6 Å². The molecule has 3 rings (SSSR count). The zero-order valence-electron chi connectivity index (χ0n) is 16.1. The lowest BCUT2D eigenvalue weighted by Crippen LogP contribution is -2.05. The second-order valence-electron chi connectivity index (χ2n) is 6.60. The quantitative estimate of drug-likeness (QED) is 0.442. The molecule has 1 N–H and O–H groups in total. The molecule has 0 unspecified atom stereocenters. The molecule has 0 aliphatic carbocycles. The first-order valence-electron chi connectivity index (χ1n) is 8.90. The van der Waals surface area contributed by atoms with Crippen molar-refractivity contribution in [1.29, 1.82) is 5.26 Å². The summed E-state index contributed by atoms with van der Waals surface area (Å²) in [6, 6.07) is 12.5. The zero-order chi connectivity index (χ0) is 22.8. The number of anilines is 1. The molecule has 0 saturated heterocycles. The van der Waals surface area contributed by atoms with Crippen molar-refractivity contribution in [2.45, 2.75) is 13.1 Å². The Morgan fingerprint density at radius 1 is 1.03 bits per heavy atom. The van der Waals surface area contributed by atoms with Crippen LogP contribution in [0.3, 0.4) is 0 Å². The summed E-state index contributed by atoms with van der Waals surface area (Å²) in [5.74, 6) is -1.54. The largest absolute Gasteiger partial charge is 0.457 e. The zero-order valence-corrected chi connectivity index (χ0v) is 16.1. The lowest BCUT2D eigenvalue weighted by molar-refractivity contribution is -0.137. The van der Waals surface area contributed by atoms with E-state index < -0.39 is 23.4 Å². The van der Waals surface area contributed by atoms with Gasteiger partial charge >= 0.3 is 6.18 Å². The Balaban J connectivity index is 1.88. The van der Waals surface area contributed by atoms with Gasteiger partial charge in [-0.2, -0.15) is 18.4 Å². The molecular formula is C23H15F5N2O. The van der Waals surface area contributed by atoms with Gasteiger partial charge in [0.15, 0.2) is 0 Å². The van der Waals surface area contributed by atoms with E-state index in [0.717, 1.165) is 24.3 Å². The number of alkyl halides is 3. The molecule has 0 radical (unpaired) electrons. The topological polar surface area (TPSA) is 45.0 Å². The predicted octanol–water partition coefficient (Wildman–Crippen LogP) is 7.04. The molecule has 158 valence electrons. The molecule has 0 saturated carbocycles. The molecule has 0 bridgehead atoms. The van der Waals surface area contributed by atoms with Gasteiger partial charge in [-0.15, -0.1) is 0 Å². The average Bonchev–Trinajstić information content (AvgIpc) is 2.69. The van der Waals surface area contributed by atoms with Crippen LogP contribution in [0.2, 0.25) is 0 Å². The molecule has 0 fully saturated rings. The number of nitrogens with zero attached hydrogens (tertiary/aromatic N) is 1. The highest BCUT2D eigenvalue weighted by atomic mass is 19.4. The van der Waals surface area contributed by atoms with Crippen LogP contribution in [-0.4, -0.2) is 0 Å². The fourth-order valence-corrected chi connectivity index (χ4v) is 2.81. The molecule has 0 spiro atoms. The third-order valence-electron chi connectivity index (χ3n) is 4.40. The van der Waals surface area contributed by atoms with Crippen LogP contribution in [0.1, 0.15) is 22.3 Å². The van der Waals surface area contributed by atoms with Gasteiger partial charge in [-0.1, -0.05) is 18.7 Å². The SMILES string of the molecule is C=C(Nc1ccc(Oc2cc(C(F)(F)F)ccc2C)cc1C#N)c1c(F)cccc1F. The fourth-order valence-electron chi connectivity index (χ4n) is 2.81. The van der Waals surface area contributed by atoms with Crippen LogP contribution in [-0.2, 0) is 6.18 Å². The van der Waals surface area contributed by atoms with E-state index >= 15 is 0 Å². The summed E-state index contributed by atoms with van der Waals surface area (Å²) in [6.07, 6.45) is -4.53. The van der Waals surface area contributed by atoms with Crippen molar-refractivity contribution >= 4 is 11.4 Å². The second kappa shape index (κ2) is 8.48. The molecule has 0 aliphatic rings. The summed E-state index contributed by atoms with van der Waals surface area (Å²) in [6.45, 7) is 5.20. The Kier molecular flexibility index (Phi) is 5.97. The molecule has 0 aromatic heterocycles. The van der Waals surface area contributed by atoms with Crippen LogP contribution in [0.15, 0.2) is 61.2 Å². The lowest BCUT2D eigenvalue weighted by Gasteiger charge is -2.15. The van der Waals surface area contributed by atoms with Crippen LogP contribution < -0.4 is 10.1 Å². The van der Waals surface area contributed by atoms with E-state index in [-0.39, 0.29) is 34.0 Å². The molecule has 3 nitrogen and oxygen atoms in total. The maximum atomic E-state index is 13.9. The van der Waals surface area contributed by atoms with E-state index in [4.69, 9.17) is 4.74 Å². The van der Waals surface area contributed by atoms with Crippen LogP contribution >= 0.6 is 0 Å². The molecular weight excluding hydrogens is 415 g/mol. The summed E-state index contributed by atoms with van der Waals surface area (Å²) in [5, 5.41) is 12.1. The van der Waals surface area contributed by atoms with Crippen molar-refractivity contribution in [2.24, 2.45) is 0 Å². The lowest BCUT2D eigenvalue weighted by atomic mass is 10.1. The number of halogens is 5. The van der Waals surface area contributed by atoms with Crippen LogP contribution in [0.25, 0.3) is 5.70 Å². The maximum Gasteiger partial charge on any atom is 0.416 e. The first kappa shape index (κ1) is 21.8. The van der Waals surface area contributed by atoms with Gasteiger partial charge in [0.2, 0.25) is 0 Å². The van der Waals surface area contributed by atoms with Crippen molar-refractivity contribution in [1.82, 2.24) is 0 Å². The minimum absolute atomic E-state index is 0.0164. The number of hydrogen-bond acceptors (Lipinski definition) is 3. The van der Waals surface area contributed by atoms with Crippen LogP contribution in [0.4, 0.5) is 27.6 Å². The highest BCUT2D eigenvalue weighted by molar-refractivity contribution is 5.78. The Labute approximate surface area is 175 Å². The number of aryl methyl sites for hydroxylation is 1. The van der Waals surface area contributed by atoms with Crippen LogP contribution in [0.5, 0.6) is 11.5 Å². The van der Waals surface area contributed by atoms with Crippen LogP contribution in [0, 0.1) is 29.9 Å². The summed E-state index contributed by atoms with van der Waals surface area (Å²) in [5.41, 5.74) is -0.628. The minimum atomic E-state index is -4.53. The minimum Gasteiger partial charge on any atom is -0.457 e. The van der Waals surface area contributed by atoms with Crippen molar-refractivity contribution in [3.05, 3.63) is 95.1 Å². The summed E-state index contributed by atoms with van der Waals surface area (Å²) < 4.78 is 72.3. The van der Waals surface area contributed by atoms with Gasteiger partial charge in [-0.3, -0.25) is 0 Å². The molecule has 0 aliphatic heterocycles. The number of ether oxygens (including phenoxy) is 1. The standard InChI is InChI=1S/C23H15F5N2O/c1-13-6-7-16(23(26,27)28)11-21(13)31-17-8-9-20(15(10-17)12-29)30-14(2)22-18(24)4-3-5-19(22)25/h3-11,30H,2H2,1H3. The molecule has 0 amide bonds. The number of benzene rings is 3. The third kappa shape index (κ3) is 4.83. The molecule has 3 aromatic rings. The Hall–Kier alpha value is -3.86. The van der Waals surface area contributed by atoms with Gasteiger partial charge in [0, 0.05) is 11.8 Å². The van der Waals surface area contributed by atoms with Gasteiger partial charge < -0.3 is 10.1 Å². The van der Waals surface area contributed by atoms with Crippen molar-refractivity contribution in [2.75, 3.05) is 5.32 Å². The fraction of sp³-hybridized carbons (Fsp3) is 0.0870. The van der Waals surface area contributed by atoms with Gasteiger partial charge in [0.1, 0.15) is 29.2 Å². The van der Waals surface area contributed by atoms with E-state index in [1.807, 2.05) is 6.07 Å². The van der Waals surface area contributed by atoms with E-state index in [1.54, 1.807) is 6.92 Å². The predicted molar refractivity (Wildman–Crippen MR) is 106 cm³/mol. The van der Waals surface area contributed by atoms with Crippen molar-refractivity contribution in [3.63, 3.8) is 0 Å². The molecule has 3 aromatic carbocycles. The Morgan fingerprint density at radius 3 is 2.32 bits per heavy atom. The van der Waals surface area contributed by atoms with E-state index in [9.17, 15) is 27.2 Å². The average molecular weight is 430 g/mol. The number of rotatable bonds is 5. The van der Waals surface area contributed by atoms with Gasteiger partial charge in [-0.25, -0.2) is 8.78 Å². The maximum absolute atomic E-state index is 13.9. The van der Waals surface area contributed by atoms with Crippen molar-refractivity contribution < 1.29 is 26.7 Å². The Bertz CT molecular complexity index is 1180. The van der Waals surface area contributed by atoms with Gasteiger partial charge in [-0.05, 0) is 48.9 Å². The second-order valence-corrected chi connectivity index (χ2v) is 6.60. The first-order chi connectivity index (χ1) is 14.6. The van der Waals surface area contributed by atoms with E-state index in [2.05, 4.69) is 11.9 Å². The van der Waals surface area contributed by atoms with Gasteiger partial charge in [0.25, 0.3) is 0 Å². The number of hydrogen-bond donors (Lipinski definition) is 1. The van der Waals surface area contributed by atoms with E-state index in [1.165, 1.54) is 30.3 Å². The summed E-state index contributed by atoms with van der Waals surface area (Å²) in [4.78, 5) is 0. The summed E-state index contributed by atoms with van der Waals surface area (Å²) in [7, 11) is 0. The normalized spacial score (nSPS) is 11.0. The third-order valence-corrected chi connectivity index (χ3v) is 4.40. The number of nitriles is 1. The Morgan fingerprint density at radius 2 is 1.71 bits per heavy atom. The highest BCUT2D eigenvalue weighted by Gasteiger charge is 2.31. The molecule has 0 atom stereocenters. The molecule has 0 heterocycles. The number of nitrogens with one attached hydrogen (secondary N) is 1. The van der Waals surface area contributed by atoms with Gasteiger partial charge in [0.05, 0.1) is 22.4 Å². The molecule has 31 heavy (non-hydrogen) atoms. The summed E-state index contributed by atoms with van der Waals surface area (Å²) >= 11 is 0.